The Morgan fingerprint density at radius 2 is 1.86 bits per heavy atom. The van der Waals surface area contributed by atoms with Gasteiger partial charge in [0.05, 0.1) is 6.20 Å². The first-order valence-corrected chi connectivity index (χ1v) is 9.87. The van der Waals surface area contributed by atoms with Crippen molar-refractivity contribution in [3.8, 4) is 11.3 Å². The van der Waals surface area contributed by atoms with E-state index >= 15 is 0 Å². The molecule has 28 heavy (non-hydrogen) atoms. The average Bonchev–Trinajstić information content (AvgIpc) is 3.25. The smallest absolute Gasteiger partial charge is 0.256 e. The highest BCUT2D eigenvalue weighted by Crippen LogP contribution is 2.26. The predicted molar refractivity (Wildman–Crippen MR) is 109 cm³/mol. The Kier molecular flexibility index (Phi) is 5.83. The van der Waals surface area contributed by atoms with Crippen molar-refractivity contribution in [2.24, 2.45) is 0 Å². The van der Waals surface area contributed by atoms with E-state index in [1.807, 2.05) is 30.3 Å². The van der Waals surface area contributed by atoms with Gasteiger partial charge in [-0.05, 0) is 30.9 Å². The number of aromatic nitrogens is 1. The normalized spacial score (nSPS) is 17.4. The summed E-state index contributed by atoms with van der Waals surface area (Å²) in [5, 5.41) is 6.83. The zero-order valence-electron chi connectivity index (χ0n) is 15.9. The van der Waals surface area contributed by atoms with Gasteiger partial charge < -0.3 is 14.7 Å². The average molecular weight is 375 g/mol. The third-order valence-electron chi connectivity index (χ3n) is 5.34. The number of likely N-dealkylation sites (tertiary alicyclic amines) is 1. The van der Waals surface area contributed by atoms with Gasteiger partial charge in [-0.1, -0.05) is 65.8 Å². The van der Waals surface area contributed by atoms with Crippen LogP contribution in [0.3, 0.4) is 0 Å². The summed E-state index contributed by atoms with van der Waals surface area (Å²) >= 11 is 0. The number of nitrogens with one attached hydrogen (secondary N) is 1. The summed E-state index contributed by atoms with van der Waals surface area (Å²) in [6.07, 6.45) is 3.91. The Balaban J connectivity index is 1.31. The molecule has 0 bridgehead atoms. The van der Waals surface area contributed by atoms with Crippen LogP contribution in [0.15, 0.2) is 71.4 Å². The molecular weight excluding hydrogens is 350 g/mol. The zero-order chi connectivity index (χ0) is 19.2. The Labute approximate surface area is 165 Å². The fourth-order valence-electron chi connectivity index (χ4n) is 3.88. The lowest BCUT2D eigenvalue weighted by Gasteiger charge is -2.33. The number of nitrogens with zero attached hydrogens (tertiary/aromatic N) is 2. The minimum Gasteiger partial charge on any atom is -0.355 e. The van der Waals surface area contributed by atoms with E-state index in [0.29, 0.717) is 23.8 Å². The number of hydrogen-bond donors (Lipinski definition) is 1. The van der Waals surface area contributed by atoms with Gasteiger partial charge >= 0.3 is 0 Å². The Morgan fingerprint density at radius 1 is 1.11 bits per heavy atom. The summed E-state index contributed by atoms with van der Waals surface area (Å²) in [4.78, 5) is 15.0. The molecule has 144 valence electrons. The van der Waals surface area contributed by atoms with Gasteiger partial charge in [-0.15, -0.1) is 0 Å². The molecule has 0 radical (unpaired) electrons. The monoisotopic (exact) mass is 375 g/mol. The summed E-state index contributed by atoms with van der Waals surface area (Å²) in [5.74, 6) is 0.949. The maximum absolute atomic E-state index is 12.6. The molecule has 1 aliphatic heterocycles. The van der Waals surface area contributed by atoms with E-state index < -0.39 is 0 Å². The minimum absolute atomic E-state index is 0.142. The highest BCUT2D eigenvalue weighted by Gasteiger charge is 2.22. The van der Waals surface area contributed by atoms with Crippen LogP contribution in [0.5, 0.6) is 0 Å². The number of amides is 1. The van der Waals surface area contributed by atoms with Crippen LogP contribution in [0.1, 0.15) is 34.7 Å². The van der Waals surface area contributed by atoms with Crippen molar-refractivity contribution in [1.29, 1.82) is 0 Å². The molecule has 1 aromatic heterocycles. The SMILES string of the molecule is O=C(NCCN1CCCC(c2ccccc2)C1)c1cnoc1-c1ccccc1. The van der Waals surface area contributed by atoms with Gasteiger partial charge in [0.2, 0.25) is 0 Å². The highest BCUT2D eigenvalue weighted by molar-refractivity contribution is 5.99. The number of hydrogen-bond acceptors (Lipinski definition) is 4. The zero-order valence-corrected chi connectivity index (χ0v) is 15.9. The van der Waals surface area contributed by atoms with Gasteiger partial charge in [0.1, 0.15) is 5.56 Å². The van der Waals surface area contributed by atoms with Crippen molar-refractivity contribution in [2.75, 3.05) is 26.2 Å². The third-order valence-corrected chi connectivity index (χ3v) is 5.34. The van der Waals surface area contributed by atoms with Crippen LogP contribution < -0.4 is 5.32 Å². The first-order valence-electron chi connectivity index (χ1n) is 9.87. The molecule has 1 amide bonds. The predicted octanol–water partition coefficient (Wildman–Crippen LogP) is 3.95. The quantitative estimate of drug-likeness (QED) is 0.709. The van der Waals surface area contributed by atoms with Crippen molar-refractivity contribution in [3.63, 3.8) is 0 Å². The molecule has 5 heteroatoms. The molecule has 5 nitrogen and oxygen atoms in total. The lowest BCUT2D eigenvalue weighted by molar-refractivity contribution is 0.0946. The van der Waals surface area contributed by atoms with E-state index in [1.54, 1.807) is 0 Å². The van der Waals surface area contributed by atoms with Gasteiger partial charge in [0.15, 0.2) is 5.76 Å². The summed E-state index contributed by atoms with van der Waals surface area (Å²) in [7, 11) is 0. The van der Waals surface area contributed by atoms with Crippen LogP contribution in [0, 0.1) is 0 Å². The summed E-state index contributed by atoms with van der Waals surface area (Å²) in [5.41, 5.74) is 2.74. The van der Waals surface area contributed by atoms with Gasteiger partial charge in [0, 0.05) is 25.2 Å². The molecule has 0 saturated carbocycles. The second-order valence-corrected chi connectivity index (χ2v) is 7.24. The summed E-state index contributed by atoms with van der Waals surface area (Å²) in [6.45, 7) is 3.59. The maximum atomic E-state index is 12.6. The van der Waals surface area contributed by atoms with Gasteiger partial charge in [-0.25, -0.2) is 0 Å². The molecule has 2 aromatic carbocycles. The number of benzene rings is 2. The summed E-state index contributed by atoms with van der Waals surface area (Å²) < 4.78 is 5.31. The number of carbonyl (C=O) groups is 1. The number of rotatable bonds is 6. The molecule has 1 fully saturated rings. The molecule has 1 atom stereocenters. The molecule has 1 saturated heterocycles. The van der Waals surface area contributed by atoms with Crippen LogP contribution in [0.25, 0.3) is 11.3 Å². The Morgan fingerprint density at radius 3 is 2.64 bits per heavy atom. The molecule has 0 spiro atoms. The van der Waals surface area contributed by atoms with Crippen LogP contribution in [-0.4, -0.2) is 42.1 Å². The number of piperidine rings is 1. The molecule has 1 N–H and O–H groups in total. The van der Waals surface area contributed by atoms with Gasteiger partial charge in [-0.3, -0.25) is 4.79 Å². The van der Waals surface area contributed by atoms with Crippen molar-refractivity contribution in [1.82, 2.24) is 15.4 Å². The Hall–Kier alpha value is -2.92. The third kappa shape index (κ3) is 4.31. The lowest BCUT2D eigenvalue weighted by Crippen LogP contribution is -2.40. The molecule has 4 rings (SSSR count). The highest BCUT2D eigenvalue weighted by atomic mass is 16.5. The van der Waals surface area contributed by atoms with Gasteiger partial charge in [-0.2, -0.15) is 0 Å². The second-order valence-electron chi connectivity index (χ2n) is 7.24. The van der Waals surface area contributed by atoms with E-state index in [-0.39, 0.29) is 5.91 Å². The van der Waals surface area contributed by atoms with Crippen LogP contribution in [-0.2, 0) is 0 Å². The van der Waals surface area contributed by atoms with E-state index in [9.17, 15) is 4.79 Å². The summed E-state index contributed by atoms with van der Waals surface area (Å²) in [6, 6.07) is 20.3. The molecule has 2 heterocycles. The van der Waals surface area contributed by atoms with Crippen LogP contribution in [0.2, 0.25) is 0 Å². The van der Waals surface area contributed by atoms with Gasteiger partial charge in [0.25, 0.3) is 5.91 Å². The molecule has 3 aromatic rings. The van der Waals surface area contributed by atoms with E-state index in [4.69, 9.17) is 4.52 Å². The van der Waals surface area contributed by atoms with Crippen LogP contribution >= 0.6 is 0 Å². The Bertz CT molecular complexity index is 892. The van der Waals surface area contributed by atoms with E-state index in [1.165, 1.54) is 24.6 Å². The van der Waals surface area contributed by atoms with Crippen molar-refractivity contribution >= 4 is 5.91 Å². The fraction of sp³-hybridized carbons (Fsp3) is 0.304. The lowest BCUT2D eigenvalue weighted by atomic mass is 9.91. The second kappa shape index (κ2) is 8.85. The van der Waals surface area contributed by atoms with Crippen molar-refractivity contribution < 1.29 is 9.32 Å². The molecular formula is C23H25N3O2. The molecule has 1 unspecified atom stereocenters. The van der Waals surface area contributed by atoms with Crippen LogP contribution in [0.4, 0.5) is 0 Å². The fourth-order valence-corrected chi connectivity index (χ4v) is 3.88. The minimum atomic E-state index is -0.142. The first-order chi connectivity index (χ1) is 13.8. The molecule has 1 aliphatic rings. The first kappa shape index (κ1) is 18.4. The van der Waals surface area contributed by atoms with Crippen molar-refractivity contribution in [3.05, 3.63) is 78.0 Å². The van der Waals surface area contributed by atoms with E-state index in [0.717, 1.165) is 25.2 Å². The molecule has 0 aliphatic carbocycles. The largest absolute Gasteiger partial charge is 0.355 e. The number of carbonyl (C=O) groups excluding carboxylic acids is 1. The topological polar surface area (TPSA) is 58.4 Å². The van der Waals surface area contributed by atoms with Crippen molar-refractivity contribution in [2.45, 2.75) is 18.8 Å². The standard InChI is InChI=1S/C23H25N3O2/c27-23(21-16-25-28-22(21)19-10-5-2-6-11-19)24-13-15-26-14-7-12-20(17-26)18-8-3-1-4-9-18/h1-6,8-11,16,20H,7,12-15,17H2,(H,24,27). The maximum Gasteiger partial charge on any atom is 0.256 e. The van der Waals surface area contributed by atoms with E-state index in [2.05, 4.69) is 45.7 Å².